The van der Waals surface area contributed by atoms with E-state index < -0.39 is 0 Å². The topological polar surface area (TPSA) is 26.0 Å². The highest BCUT2D eigenvalue weighted by Crippen LogP contribution is 2.05. The standard InChI is InChI=1S/C6H14N/c1-5(2)6(3)4-7/h5-6H,3-4,7H2,1-2H3. The molecule has 1 atom stereocenters. The fourth-order valence-corrected chi connectivity index (χ4v) is 0.272. The van der Waals surface area contributed by atoms with Crippen molar-refractivity contribution in [3.05, 3.63) is 6.92 Å². The average Bonchev–Trinajstić information content (AvgIpc) is 1.65. The first-order chi connectivity index (χ1) is 3.18. The smallest absolute Gasteiger partial charge is 0.00464 e. The molecule has 0 rings (SSSR count). The lowest BCUT2D eigenvalue weighted by Crippen LogP contribution is -2.16. The first-order valence-corrected chi connectivity index (χ1v) is 2.71. The molecule has 0 aliphatic heterocycles. The Bertz CT molecular complexity index is 41.4. The molecule has 43 valence electrons. The van der Waals surface area contributed by atoms with Gasteiger partial charge in [-0.05, 0) is 25.3 Å². The summed E-state index contributed by atoms with van der Waals surface area (Å²) in [6, 6.07) is 0. The van der Waals surface area contributed by atoms with E-state index in [1.165, 1.54) is 0 Å². The molecule has 0 heterocycles. The lowest BCUT2D eigenvalue weighted by Gasteiger charge is -2.10. The summed E-state index contributed by atoms with van der Waals surface area (Å²) in [4.78, 5) is 0. The van der Waals surface area contributed by atoms with Crippen LogP contribution >= 0.6 is 0 Å². The van der Waals surface area contributed by atoms with Crippen molar-refractivity contribution in [2.75, 3.05) is 6.54 Å². The van der Waals surface area contributed by atoms with Crippen molar-refractivity contribution in [1.29, 1.82) is 0 Å². The van der Waals surface area contributed by atoms with Crippen LogP contribution in [0.5, 0.6) is 0 Å². The van der Waals surface area contributed by atoms with E-state index in [9.17, 15) is 0 Å². The van der Waals surface area contributed by atoms with Crippen molar-refractivity contribution in [1.82, 2.24) is 0 Å². The van der Waals surface area contributed by atoms with Gasteiger partial charge in [-0.3, -0.25) is 0 Å². The summed E-state index contributed by atoms with van der Waals surface area (Å²) in [5.41, 5.74) is 5.31. The van der Waals surface area contributed by atoms with Gasteiger partial charge in [-0.25, -0.2) is 0 Å². The maximum Gasteiger partial charge on any atom is -0.00464 e. The normalized spacial score (nSPS) is 15.0. The van der Waals surface area contributed by atoms with Crippen LogP contribution in [-0.2, 0) is 0 Å². The minimum atomic E-state index is 0.431. The van der Waals surface area contributed by atoms with Crippen LogP contribution < -0.4 is 5.73 Å². The highest BCUT2D eigenvalue weighted by Gasteiger charge is 2.01. The van der Waals surface area contributed by atoms with Gasteiger partial charge in [0.2, 0.25) is 0 Å². The van der Waals surface area contributed by atoms with Crippen LogP contribution in [0.25, 0.3) is 0 Å². The Hall–Kier alpha value is -0.0400. The molecule has 1 nitrogen and oxygen atoms in total. The lowest BCUT2D eigenvalue weighted by molar-refractivity contribution is 0.472. The van der Waals surface area contributed by atoms with Crippen LogP contribution in [0.3, 0.4) is 0 Å². The van der Waals surface area contributed by atoms with Crippen molar-refractivity contribution in [2.24, 2.45) is 17.6 Å². The largest absolute Gasteiger partial charge is 0.330 e. The van der Waals surface area contributed by atoms with Crippen LogP contribution in [0.2, 0.25) is 0 Å². The first kappa shape index (κ1) is 6.96. The number of hydrogen-bond acceptors (Lipinski definition) is 1. The van der Waals surface area contributed by atoms with Gasteiger partial charge in [0, 0.05) is 0 Å². The number of hydrogen-bond donors (Lipinski definition) is 1. The van der Waals surface area contributed by atoms with Crippen LogP contribution in [0, 0.1) is 18.8 Å². The minimum Gasteiger partial charge on any atom is -0.330 e. The van der Waals surface area contributed by atoms with Gasteiger partial charge in [0.1, 0.15) is 0 Å². The Morgan fingerprint density at radius 2 is 2.00 bits per heavy atom. The van der Waals surface area contributed by atoms with E-state index in [1.807, 2.05) is 0 Å². The minimum absolute atomic E-state index is 0.431. The maximum atomic E-state index is 5.31. The molecule has 0 aliphatic carbocycles. The summed E-state index contributed by atoms with van der Waals surface area (Å²) in [7, 11) is 0. The van der Waals surface area contributed by atoms with Gasteiger partial charge in [-0.15, -0.1) is 0 Å². The summed E-state index contributed by atoms with van der Waals surface area (Å²) in [6.07, 6.45) is 0. The van der Waals surface area contributed by atoms with E-state index >= 15 is 0 Å². The molecule has 0 spiro atoms. The molecule has 1 radical (unpaired) electrons. The fraction of sp³-hybridized carbons (Fsp3) is 0.833. The van der Waals surface area contributed by atoms with Gasteiger partial charge in [0.25, 0.3) is 0 Å². The lowest BCUT2D eigenvalue weighted by atomic mass is 9.99. The molecule has 0 aliphatic rings. The van der Waals surface area contributed by atoms with Gasteiger partial charge < -0.3 is 5.73 Å². The zero-order valence-electron chi connectivity index (χ0n) is 5.15. The third-order valence-corrected chi connectivity index (χ3v) is 1.25. The predicted molar refractivity (Wildman–Crippen MR) is 32.7 cm³/mol. The van der Waals surface area contributed by atoms with Gasteiger partial charge >= 0.3 is 0 Å². The van der Waals surface area contributed by atoms with E-state index in [4.69, 9.17) is 5.73 Å². The molecule has 7 heavy (non-hydrogen) atoms. The Labute approximate surface area is 45.9 Å². The van der Waals surface area contributed by atoms with Gasteiger partial charge in [-0.2, -0.15) is 0 Å². The SMILES string of the molecule is [CH2]C(CN)C(C)C. The van der Waals surface area contributed by atoms with E-state index in [2.05, 4.69) is 20.8 Å². The maximum absolute atomic E-state index is 5.31. The number of nitrogens with two attached hydrogens (primary N) is 1. The molecule has 0 amide bonds. The highest BCUT2D eigenvalue weighted by atomic mass is 14.5. The Morgan fingerprint density at radius 3 is 2.00 bits per heavy atom. The molecule has 0 aromatic rings. The summed E-state index contributed by atoms with van der Waals surface area (Å²) in [5.74, 6) is 1.06. The van der Waals surface area contributed by atoms with Crippen molar-refractivity contribution in [3.63, 3.8) is 0 Å². The molecule has 0 bridgehead atoms. The Kier molecular flexibility index (Phi) is 3.01. The molecule has 1 unspecified atom stereocenters. The zero-order valence-corrected chi connectivity index (χ0v) is 5.15. The monoisotopic (exact) mass is 100 g/mol. The molecular weight excluding hydrogens is 86.1 g/mol. The van der Waals surface area contributed by atoms with E-state index in [0.29, 0.717) is 18.4 Å². The molecule has 1 heteroatoms. The van der Waals surface area contributed by atoms with E-state index in [-0.39, 0.29) is 0 Å². The fourth-order valence-electron chi connectivity index (χ4n) is 0.272. The molecule has 0 saturated carbocycles. The molecular formula is C6H14N. The van der Waals surface area contributed by atoms with Crippen molar-refractivity contribution in [2.45, 2.75) is 13.8 Å². The average molecular weight is 100 g/mol. The van der Waals surface area contributed by atoms with Crippen LogP contribution in [0.1, 0.15) is 13.8 Å². The Balaban J connectivity index is 3.14. The predicted octanol–water partition coefficient (Wildman–Crippen LogP) is 1.05. The van der Waals surface area contributed by atoms with E-state index in [0.717, 1.165) is 0 Å². The second kappa shape index (κ2) is 3.03. The van der Waals surface area contributed by atoms with Crippen LogP contribution in [0.4, 0.5) is 0 Å². The van der Waals surface area contributed by atoms with Gasteiger partial charge in [-0.1, -0.05) is 13.8 Å². The highest BCUT2D eigenvalue weighted by molar-refractivity contribution is 4.64. The first-order valence-electron chi connectivity index (χ1n) is 2.71. The summed E-state index contributed by atoms with van der Waals surface area (Å²) in [6.45, 7) is 8.80. The molecule has 0 aromatic heterocycles. The number of rotatable bonds is 2. The Morgan fingerprint density at radius 1 is 1.57 bits per heavy atom. The molecule has 0 fully saturated rings. The summed E-state index contributed by atoms with van der Waals surface area (Å²) >= 11 is 0. The van der Waals surface area contributed by atoms with Gasteiger partial charge in [0.15, 0.2) is 0 Å². The third-order valence-electron chi connectivity index (χ3n) is 1.25. The van der Waals surface area contributed by atoms with E-state index in [1.54, 1.807) is 0 Å². The second-order valence-electron chi connectivity index (χ2n) is 2.24. The van der Waals surface area contributed by atoms with Crippen molar-refractivity contribution in [3.8, 4) is 0 Å². The quantitative estimate of drug-likeness (QED) is 0.551. The zero-order chi connectivity index (χ0) is 5.86. The van der Waals surface area contributed by atoms with Crippen LogP contribution in [-0.4, -0.2) is 6.54 Å². The molecule has 0 aromatic carbocycles. The molecule has 2 N–H and O–H groups in total. The third kappa shape index (κ3) is 2.63. The van der Waals surface area contributed by atoms with Crippen molar-refractivity contribution < 1.29 is 0 Å². The van der Waals surface area contributed by atoms with Crippen molar-refractivity contribution >= 4 is 0 Å². The summed E-state index contributed by atoms with van der Waals surface area (Å²) < 4.78 is 0. The second-order valence-corrected chi connectivity index (χ2v) is 2.24. The molecule has 0 saturated heterocycles. The van der Waals surface area contributed by atoms with Gasteiger partial charge in [0.05, 0.1) is 0 Å². The summed E-state index contributed by atoms with van der Waals surface area (Å²) in [5, 5.41) is 0. The van der Waals surface area contributed by atoms with Crippen LogP contribution in [0.15, 0.2) is 0 Å².